The lowest BCUT2D eigenvalue weighted by atomic mass is 9.96. The van der Waals surface area contributed by atoms with Crippen LogP contribution in [0, 0.1) is 0 Å². The predicted octanol–water partition coefficient (Wildman–Crippen LogP) is 3.09. The molecule has 2 heterocycles. The van der Waals surface area contributed by atoms with E-state index in [9.17, 15) is 14.7 Å². The summed E-state index contributed by atoms with van der Waals surface area (Å²) >= 11 is 0. The van der Waals surface area contributed by atoms with Gasteiger partial charge in [0.05, 0.1) is 6.61 Å². The summed E-state index contributed by atoms with van der Waals surface area (Å²) < 4.78 is 5.99. The van der Waals surface area contributed by atoms with Gasteiger partial charge in [-0.1, -0.05) is 49.4 Å². The zero-order valence-electron chi connectivity index (χ0n) is 16.6. The molecular formula is C23H26N2O4. The molecule has 6 nitrogen and oxygen atoms in total. The molecule has 2 aromatic rings. The number of carboxylic acids is 1. The fourth-order valence-electron chi connectivity index (χ4n) is 4.35. The summed E-state index contributed by atoms with van der Waals surface area (Å²) in [5, 5.41) is 9.70. The SMILES string of the molecule is CCN1CCC2(CC1)OC[C@@H](C(=O)O)N2C(=O)c1ccc(-c2ccccc2)cc1. The number of rotatable bonds is 4. The van der Waals surface area contributed by atoms with E-state index in [4.69, 9.17) is 4.74 Å². The van der Waals surface area contributed by atoms with E-state index in [0.717, 1.165) is 30.8 Å². The van der Waals surface area contributed by atoms with Crippen LogP contribution in [0.4, 0.5) is 0 Å². The van der Waals surface area contributed by atoms with Crippen molar-refractivity contribution in [3.63, 3.8) is 0 Å². The fourth-order valence-corrected chi connectivity index (χ4v) is 4.35. The Hall–Kier alpha value is -2.70. The summed E-state index contributed by atoms with van der Waals surface area (Å²) in [4.78, 5) is 29.0. The van der Waals surface area contributed by atoms with Crippen molar-refractivity contribution in [2.75, 3.05) is 26.2 Å². The van der Waals surface area contributed by atoms with E-state index in [1.807, 2.05) is 42.5 Å². The van der Waals surface area contributed by atoms with Gasteiger partial charge in [0.1, 0.15) is 5.72 Å². The molecule has 2 saturated heterocycles. The van der Waals surface area contributed by atoms with Gasteiger partial charge >= 0.3 is 5.97 Å². The zero-order chi connectivity index (χ0) is 20.4. The Kier molecular flexibility index (Phi) is 5.39. The lowest BCUT2D eigenvalue weighted by Gasteiger charge is -2.44. The number of carbonyl (C=O) groups excluding carboxylic acids is 1. The van der Waals surface area contributed by atoms with Gasteiger partial charge in [0.2, 0.25) is 0 Å². The van der Waals surface area contributed by atoms with Crippen molar-refractivity contribution >= 4 is 11.9 Å². The minimum absolute atomic E-state index is 0.0370. The zero-order valence-corrected chi connectivity index (χ0v) is 16.6. The molecule has 4 rings (SSSR count). The van der Waals surface area contributed by atoms with Crippen molar-refractivity contribution in [3.05, 3.63) is 60.2 Å². The van der Waals surface area contributed by atoms with Crippen molar-refractivity contribution in [1.29, 1.82) is 0 Å². The first kappa shape index (κ1) is 19.6. The van der Waals surface area contributed by atoms with Crippen molar-refractivity contribution in [3.8, 4) is 11.1 Å². The van der Waals surface area contributed by atoms with Gasteiger partial charge in [-0.2, -0.15) is 0 Å². The number of amides is 1. The summed E-state index contributed by atoms with van der Waals surface area (Å²) in [5.74, 6) is -1.30. The molecule has 2 aliphatic heterocycles. The smallest absolute Gasteiger partial charge is 0.328 e. The molecule has 0 aromatic heterocycles. The van der Waals surface area contributed by atoms with E-state index < -0.39 is 17.7 Å². The number of likely N-dealkylation sites (tertiary alicyclic amines) is 1. The van der Waals surface area contributed by atoms with E-state index in [2.05, 4.69) is 11.8 Å². The second-order valence-corrected chi connectivity index (χ2v) is 7.66. The van der Waals surface area contributed by atoms with Crippen LogP contribution in [0.1, 0.15) is 30.1 Å². The molecular weight excluding hydrogens is 368 g/mol. The molecule has 2 aromatic carbocycles. The van der Waals surface area contributed by atoms with Gasteiger partial charge < -0.3 is 14.7 Å². The molecule has 0 radical (unpaired) electrons. The van der Waals surface area contributed by atoms with Gasteiger partial charge in [0, 0.05) is 31.5 Å². The van der Waals surface area contributed by atoms with Crippen LogP contribution in [-0.2, 0) is 9.53 Å². The first-order valence-electron chi connectivity index (χ1n) is 10.1. The number of carboxylic acid groups (broad SMARTS) is 1. The second kappa shape index (κ2) is 7.97. The number of nitrogens with zero attached hydrogens (tertiary/aromatic N) is 2. The van der Waals surface area contributed by atoms with Crippen LogP contribution in [-0.4, -0.2) is 64.8 Å². The molecule has 0 aliphatic carbocycles. The molecule has 1 amide bonds. The van der Waals surface area contributed by atoms with Crippen LogP contribution in [0.15, 0.2) is 54.6 Å². The minimum Gasteiger partial charge on any atom is -0.480 e. The first-order chi connectivity index (χ1) is 14.0. The van der Waals surface area contributed by atoms with Gasteiger partial charge in [-0.15, -0.1) is 0 Å². The van der Waals surface area contributed by atoms with Gasteiger partial charge in [0.25, 0.3) is 5.91 Å². The number of ether oxygens (including phenoxy) is 1. The summed E-state index contributed by atoms with van der Waals surface area (Å²) in [6.07, 6.45) is 1.25. The lowest BCUT2D eigenvalue weighted by Crippen LogP contribution is -2.58. The van der Waals surface area contributed by atoms with Gasteiger partial charge in [-0.05, 0) is 29.8 Å². The Labute approximate surface area is 170 Å². The van der Waals surface area contributed by atoms with Crippen LogP contribution < -0.4 is 0 Å². The fraction of sp³-hybridized carbons (Fsp3) is 0.391. The Morgan fingerprint density at radius 2 is 1.66 bits per heavy atom. The topological polar surface area (TPSA) is 70.1 Å². The molecule has 29 heavy (non-hydrogen) atoms. The maximum Gasteiger partial charge on any atom is 0.328 e. The van der Waals surface area contributed by atoms with Crippen LogP contribution in [0.3, 0.4) is 0 Å². The Morgan fingerprint density at radius 1 is 1.03 bits per heavy atom. The maximum absolute atomic E-state index is 13.4. The standard InChI is InChI=1S/C23H26N2O4/c1-2-24-14-12-23(13-15-24)25(20(16-29-23)22(27)28)21(26)19-10-8-18(9-11-19)17-6-4-3-5-7-17/h3-11,20H,2,12-16H2,1H3,(H,27,28)/t20-/m0/s1. The third-order valence-corrected chi connectivity index (χ3v) is 6.09. The summed E-state index contributed by atoms with van der Waals surface area (Å²) in [7, 11) is 0. The molecule has 6 heteroatoms. The molecule has 0 unspecified atom stereocenters. The van der Waals surface area contributed by atoms with E-state index in [1.54, 1.807) is 12.1 Å². The van der Waals surface area contributed by atoms with E-state index in [-0.39, 0.29) is 12.5 Å². The van der Waals surface area contributed by atoms with Crippen LogP contribution >= 0.6 is 0 Å². The highest BCUT2D eigenvalue weighted by atomic mass is 16.5. The molecule has 2 aliphatic rings. The molecule has 0 bridgehead atoms. The van der Waals surface area contributed by atoms with E-state index in [0.29, 0.717) is 18.4 Å². The number of hydrogen-bond acceptors (Lipinski definition) is 4. The normalized spacial score (nSPS) is 21.4. The first-order valence-corrected chi connectivity index (χ1v) is 10.1. The average Bonchev–Trinajstić information content (AvgIpc) is 3.13. The predicted molar refractivity (Wildman–Crippen MR) is 110 cm³/mol. The van der Waals surface area contributed by atoms with Crippen molar-refractivity contribution < 1.29 is 19.4 Å². The Morgan fingerprint density at radius 3 is 2.24 bits per heavy atom. The maximum atomic E-state index is 13.4. The molecule has 0 saturated carbocycles. The average molecular weight is 394 g/mol. The number of benzene rings is 2. The van der Waals surface area contributed by atoms with Crippen LogP contribution in [0.25, 0.3) is 11.1 Å². The van der Waals surface area contributed by atoms with E-state index >= 15 is 0 Å². The molecule has 1 spiro atoms. The molecule has 2 fully saturated rings. The number of aliphatic carboxylic acids is 1. The lowest BCUT2D eigenvalue weighted by molar-refractivity contribution is -0.143. The van der Waals surface area contributed by atoms with Crippen molar-refractivity contribution in [2.24, 2.45) is 0 Å². The largest absolute Gasteiger partial charge is 0.480 e. The second-order valence-electron chi connectivity index (χ2n) is 7.66. The summed E-state index contributed by atoms with van der Waals surface area (Å²) in [6.45, 7) is 4.66. The Bertz CT molecular complexity index is 874. The quantitative estimate of drug-likeness (QED) is 0.863. The third-order valence-electron chi connectivity index (χ3n) is 6.09. The molecule has 152 valence electrons. The van der Waals surface area contributed by atoms with Crippen LogP contribution in [0.2, 0.25) is 0 Å². The van der Waals surface area contributed by atoms with Gasteiger partial charge in [0.15, 0.2) is 6.04 Å². The monoisotopic (exact) mass is 394 g/mol. The molecule has 1 N–H and O–H groups in total. The molecule has 1 atom stereocenters. The highest BCUT2D eigenvalue weighted by molar-refractivity contribution is 5.98. The summed E-state index contributed by atoms with van der Waals surface area (Å²) in [5.41, 5.74) is 1.74. The number of piperidine rings is 1. The van der Waals surface area contributed by atoms with Gasteiger partial charge in [-0.25, -0.2) is 4.79 Å². The Balaban J connectivity index is 1.61. The minimum atomic E-state index is -1.02. The van der Waals surface area contributed by atoms with Crippen molar-refractivity contribution in [2.45, 2.75) is 31.5 Å². The number of hydrogen-bond donors (Lipinski definition) is 1. The van der Waals surface area contributed by atoms with E-state index in [1.165, 1.54) is 4.90 Å². The summed E-state index contributed by atoms with van der Waals surface area (Å²) in [6, 6.07) is 16.3. The van der Waals surface area contributed by atoms with Crippen molar-refractivity contribution in [1.82, 2.24) is 9.80 Å². The highest BCUT2D eigenvalue weighted by Gasteiger charge is 2.53. The highest BCUT2D eigenvalue weighted by Crippen LogP contribution is 2.38. The van der Waals surface area contributed by atoms with Crippen LogP contribution in [0.5, 0.6) is 0 Å². The number of carbonyl (C=O) groups is 2. The third kappa shape index (κ3) is 3.66. The van der Waals surface area contributed by atoms with Gasteiger partial charge in [-0.3, -0.25) is 9.69 Å².